The summed E-state index contributed by atoms with van der Waals surface area (Å²) < 4.78 is 0. The van der Waals surface area contributed by atoms with Crippen molar-refractivity contribution in [3.05, 3.63) is 26.6 Å². The quantitative estimate of drug-likeness (QED) is 0.812. The zero-order valence-corrected chi connectivity index (χ0v) is 15.7. The molecule has 130 valence electrons. The lowest BCUT2D eigenvalue weighted by Gasteiger charge is -2.15. The van der Waals surface area contributed by atoms with Crippen LogP contribution in [-0.2, 0) is 5.75 Å². The number of amides is 1. The molecule has 2 aromatic rings. The molecule has 7 heteroatoms. The van der Waals surface area contributed by atoms with Crippen molar-refractivity contribution in [2.75, 3.05) is 6.26 Å². The number of thiophene rings is 1. The molecule has 0 aromatic carbocycles. The van der Waals surface area contributed by atoms with Crippen molar-refractivity contribution in [3.63, 3.8) is 0 Å². The molecule has 0 bridgehead atoms. The minimum absolute atomic E-state index is 0.0618. The first kappa shape index (κ1) is 17.5. The molecule has 0 aliphatic heterocycles. The minimum Gasteiger partial charge on any atom is -0.349 e. The number of H-pyrrole nitrogens is 1. The van der Waals surface area contributed by atoms with Gasteiger partial charge in [0.05, 0.1) is 16.0 Å². The molecule has 1 aliphatic carbocycles. The van der Waals surface area contributed by atoms with Crippen molar-refractivity contribution in [2.45, 2.75) is 57.2 Å². The molecule has 1 saturated carbocycles. The lowest BCUT2D eigenvalue weighted by Crippen LogP contribution is -2.34. The van der Waals surface area contributed by atoms with E-state index >= 15 is 0 Å². The number of aromatic nitrogens is 2. The van der Waals surface area contributed by atoms with Gasteiger partial charge in [0.15, 0.2) is 0 Å². The Bertz CT molecular complexity index is 789. The Morgan fingerprint density at radius 1 is 1.33 bits per heavy atom. The predicted octanol–water partition coefficient (Wildman–Crippen LogP) is 3.61. The zero-order chi connectivity index (χ0) is 17.1. The maximum absolute atomic E-state index is 12.7. The summed E-state index contributed by atoms with van der Waals surface area (Å²) in [6, 6.07) is 0.253. The smallest absolute Gasteiger partial charge is 0.261 e. The number of carbonyl (C=O) groups excluding carboxylic acids is 1. The van der Waals surface area contributed by atoms with Crippen molar-refractivity contribution in [1.82, 2.24) is 15.3 Å². The average Bonchev–Trinajstić information content (AvgIpc) is 2.71. The van der Waals surface area contributed by atoms with Gasteiger partial charge in [-0.1, -0.05) is 25.7 Å². The fraction of sp³-hybridized carbons (Fsp3) is 0.588. The Morgan fingerprint density at radius 2 is 2.04 bits per heavy atom. The molecule has 1 amide bonds. The second kappa shape index (κ2) is 7.70. The van der Waals surface area contributed by atoms with Crippen molar-refractivity contribution in [2.24, 2.45) is 0 Å². The first-order valence-electron chi connectivity index (χ1n) is 8.42. The minimum atomic E-state index is -0.147. The number of hydrogen-bond acceptors (Lipinski definition) is 5. The summed E-state index contributed by atoms with van der Waals surface area (Å²) in [5.41, 5.74) is 0.594. The van der Waals surface area contributed by atoms with Crippen LogP contribution < -0.4 is 10.9 Å². The molecule has 1 fully saturated rings. The third-order valence-corrected chi connectivity index (χ3v) is 6.27. The molecule has 1 aliphatic rings. The number of nitrogens with zero attached hydrogens (tertiary/aromatic N) is 1. The number of carbonyl (C=O) groups is 1. The van der Waals surface area contributed by atoms with Crippen LogP contribution in [0.3, 0.4) is 0 Å². The van der Waals surface area contributed by atoms with Gasteiger partial charge in [0.2, 0.25) is 0 Å². The van der Waals surface area contributed by atoms with Crippen LogP contribution in [0.25, 0.3) is 10.2 Å². The van der Waals surface area contributed by atoms with Crippen molar-refractivity contribution in [3.8, 4) is 0 Å². The monoisotopic (exact) mass is 365 g/mol. The van der Waals surface area contributed by atoms with Gasteiger partial charge in [-0.05, 0) is 31.6 Å². The Kier molecular flexibility index (Phi) is 5.61. The van der Waals surface area contributed by atoms with E-state index in [0.717, 1.165) is 18.4 Å². The van der Waals surface area contributed by atoms with Gasteiger partial charge in [-0.15, -0.1) is 11.3 Å². The molecular weight excluding hydrogens is 342 g/mol. The summed E-state index contributed by atoms with van der Waals surface area (Å²) in [7, 11) is 0. The predicted molar refractivity (Wildman–Crippen MR) is 101 cm³/mol. The number of rotatable bonds is 4. The van der Waals surface area contributed by atoms with Crippen LogP contribution in [0.5, 0.6) is 0 Å². The highest BCUT2D eigenvalue weighted by Crippen LogP contribution is 2.28. The van der Waals surface area contributed by atoms with Gasteiger partial charge in [0.1, 0.15) is 10.7 Å². The molecule has 0 spiro atoms. The van der Waals surface area contributed by atoms with Gasteiger partial charge in [-0.25, -0.2) is 4.98 Å². The Balaban J connectivity index is 1.88. The van der Waals surface area contributed by atoms with Crippen LogP contribution >= 0.6 is 23.1 Å². The molecule has 0 atom stereocenters. The molecule has 0 unspecified atom stereocenters. The summed E-state index contributed by atoms with van der Waals surface area (Å²) >= 11 is 2.93. The van der Waals surface area contributed by atoms with E-state index in [2.05, 4.69) is 15.3 Å². The largest absolute Gasteiger partial charge is 0.349 e. The number of fused-ring (bicyclic) bond motifs is 1. The third kappa shape index (κ3) is 3.67. The number of aryl methyl sites for hydroxylation is 1. The van der Waals surface area contributed by atoms with E-state index < -0.39 is 0 Å². The van der Waals surface area contributed by atoms with E-state index in [1.807, 2.05) is 13.2 Å². The summed E-state index contributed by atoms with van der Waals surface area (Å²) in [5, 5.41) is 3.72. The Hall–Kier alpha value is -1.34. The second-order valence-electron chi connectivity index (χ2n) is 6.34. The van der Waals surface area contributed by atoms with Crippen molar-refractivity contribution >= 4 is 39.2 Å². The lowest BCUT2D eigenvalue weighted by atomic mass is 10.1. The second-order valence-corrected chi connectivity index (χ2v) is 8.21. The highest BCUT2D eigenvalue weighted by molar-refractivity contribution is 7.97. The van der Waals surface area contributed by atoms with Crippen LogP contribution in [0.1, 0.15) is 59.6 Å². The van der Waals surface area contributed by atoms with E-state index in [1.54, 1.807) is 11.8 Å². The molecule has 0 radical (unpaired) electrons. The molecule has 0 saturated heterocycles. The van der Waals surface area contributed by atoms with Gasteiger partial charge < -0.3 is 10.3 Å². The fourth-order valence-corrected chi connectivity index (χ4v) is 4.80. The standard InChI is InChI=1S/C17H23N3O2S2/c1-10-13-15(21)19-12(9-23-2)20-17(13)24-14(10)16(22)18-11-7-5-3-4-6-8-11/h11H,3-9H2,1-2H3,(H,18,22)(H,19,20,21). The topological polar surface area (TPSA) is 74.8 Å². The number of hydrogen-bond donors (Lipinski definition) is 2. The molecular formula is C17H23N3O2S2. The van der Waals surface area contributed by atoms with Crippen LogP contribution in [0.15, 0.2) is 4.79 Å². The van der Waals surface area contributed by atoms with Gasteiger partial charge >= 0.3 is 0 Å². The normalized spacial score (nSPS) is 16.2. The molecule has 2 N–H and O–H groups in total. The Labute approximate surface area is 149 Å². The summed E-state index contributed by atoms with van der Waals surface area (Å²) in [5.74, 6) is 1.26. The average molecular weight is 366 g/mol. The molecule has 3 rings (SSSR count). The van der Waals surface area contributed by atoms with E-state index in [0.29, 0.717) is 26.7 Å². The van der Waals surface area contributed by atoms with E-state index in [1.165, 1.54) is 37.0 Å². The number of nitrogens with one attached hydrogen (secondary N) is 2. The molecule has 2 heterocycles. The number of aromatic amines is 1. The first-order chi connectivity index (χ1) is 11.6. The van der Waals surface area contributed by atoms with Crippen LogP contribution in [0, 0.1) is 6.92 Å². The van der Waals surface area contributed by atoms with Gasteiger partial charge in [-0.3, -0.25) is 9.59 Å². The highest BCUT2D eigenvalue weighted by atomic mass is 32.2. The SMILES string of the molecule is CSCc1nc2sc(C(=O)NC3CCCCCC3)c(C)c2c(=O)[nH]1. The van der Waals surface area contributed by atoms with E-state index in [-0.39, 0.29) is 17.5 Å². The zero-order valence-electron chi connectivity index (χ0n) is 14.1. The molecule has 2 aromatic heterocycles. The van der Waals surface area contributed by atoms with Crippen LogP contribution in [-0.4, -0.2) is 28.2 Å². The maximum atomic E-state index is 12.7. The van der Waals surface area contributed by atoms with Gasteiger partial charge in [-0.2, -0.15) is 11.8 Å². The Morgan fingerprint density at radius 3 is 2.71 bits per heavy atom. The summed E-state index contributed by atoms with van der Waals surface area (Å²) in [6.45, 7) is 1.84. The first-order valence-corrected chi connectivity index (χ1v) is 10.6. The third-order valence-electron chi connectivity index (χ3n) is 4.53. The highest BCUT2D eigenvalue weighted by Gasteiger charge is 2.22. The fourth-order valence-electron chi connectivity index (χ4n) is 3.28. The van der Waals surface area contributed by atoms with Crippen LogP contribution in [0.4, 0.5) is 0 Å². The molecule has 5 nitrogen and oxygen atoms in total. The molecule has 24 heavy (non-hydrogen) atoms. The number of thioether (sulfide) groups is 1. The van der Waals surface area contributed by atoms with Gasteiger partial charge in [0, 0.05) is 6.04 Å². The van der Waals surface area contributed by atoms with E-state index in [9.17, 15) is 9.59 Å². The van der Waals surface area contributed by atoms with E-state index in [4.69, 9.17) is 0 Å². The van der Waals surface area contributed by atoms with Gasteiger partial charge in [0.25, 0.3) is 11.5 Å². The van der Waals surface area contributed by atoms with Crippen molar-refractivity contribution in [1.29, 1.82) is 0 Å². The summed E-state index contributed by atoms with van der Waals surface area (Å²) in [4.78, 5) is 33.6. The van der Waals surface area contributed by atoms with Crippen LogP contribution in [0.2, 0.25) is 0 Å². The summed E-state index contributed by atoms with van der Waals surface area (Å²) in [6.07, 6.45) is 8.93. The maximum Gasteiger partial charge on any atom is 0.261 e. The lowest BCUT2D eigenvalue weighted by molar-refractivity contribution is 0.0937. The van der Waals surface area contributed by atoms with Crippen molar-refractivity contribution < 1.29 is 4.79 Å².